The first kappa shape index (κ1) is 13.7. The number of ether oxygens (including phenoxy) is 1. The Balaban J connectivity index is 1.97. The Kier molecular flexibility index (Phi) is 5.35. The lowest BCUT2D eigenvalue weighted by Crippen LogP contribution is -2.22. The van der Waals surface area contributed by atoms with E-state index in [9.17, 15) is 5.11 Å². The van der Waals surface area contributed by atoms with Crippen LogP contribution >= 0.6 is 11.8 Å². The molecule has 1 atom stereocenters. The summed E-state index contributed by atoms with van der Waals surface area (Å²) in [5, 5.41) is 12.9. The Morgan fingerprint density at radius 3 is 2.94 bits per heavy atom. The van der Waals surface area contributed by atoms with Crippen molar-refractivity contribution in [2.75, 3.05) is 25.1 Å². The van der Waals surface area contributed by atoms with E-state index < -0.39 is 6.10 Å². The summed E-state index contributed by atoms with van der Waals surface area (Å²) in [7, 11) is 1.84. The van der Waals surface area contributed by atoms with Gasteiger partial charge in [-0.3, -0.25) is 0 Å². The van der Waals surface area contributed by atoms with E-state index >= 15 is 0 Å². The van der Waals surface area contributed by atoms with Gasteiger partial charge in [0.15, 0.2) is 0 Å². The molecule has 100 valence electrons. The van der Waals surface area contributed by atoms with Gasteiger partial charge in [0.2, 0.25) is 0 Å². The van der Waals surface area contributed by atoms with Crippen LogP contribution in [0.3, 0.4) is 0 Å². The van der Waals surface area contributed by atoms with Crippen molar-refractivity contribution in [1.29, 1.82) is 0 Å². The first-order valence-electron chi connectivity index (χ1n) is 6.46. The fraction of sp³-hybridized carbons (Fsp3) is 0.571. The quantitative estimate of drug-likeness (QED) is 0.858. The molecule has 2 N–H and O–H groups in total. The molecule has 0 aliphatic carbocycles. The number of aliphatic hydroxyl groups excluding tert-OH is 1. The number of hydrogen-bond acceptors (Lipinski definition) is 4. The summed E-state index contributed by atoms with van der Waals surface area (Å²) in [5.41, 5.74) is 0.909. The van der Waals surface area contributed by atoms with Crippen LogP contribution in [0.1, 0.15) is 24.5 Å². The Labute approximate surface area is 113 Å². The minimum Gasteiger partial charge on any atom is -0.490 e. The zero-order valence-corrected chi connectivity index (χ0v) is 11.6. The number of nitrogens with one attached hydrogen (secondary N) is 1. The molecule has 0 aromatic heterocycles. The number of aliphatic hydroxyl groups is 1. The van der Waals surface area contributed by atoms with Gasteiger partial charge in [-0.15, -0.1) is 0 Å². The highest BCUT2D eigenvalue weighted by molar-refractivity contribution is 7.99. The molecule has 0 saturated carbocycles. The molecule has 1 aliphatic heterocycles. The van der Waals surface area contributed by atoms with Gasteiger partial charge in [0.25, 0.3) is 0 Å². The Morgan fingerprint density at radius 1 is 1.44 bits per heavy atom. The highest BCUT2D eigenvalue weighted by Crippen LogP contribution is 2.24. The molecule has 0 amide bonds. The zero-order chi connectivity index (χ0) is 12.8. The van der Waals surface area contributed by atoms with Gasteiger partial charge in [0, 0.05) is 6.54 Å². The van der Waals surface area contributed by atoms with E-state index in [0.717, 1.165) is 24.2 Å². The lowest BCUT2D eigenvalue weighted by molar-refractivity contribution is 0.173. The summed E-state index contributed by atoms with van der Waals surface area (Å²) < 4.78 is 5.98. The number of rotatable bonds is 5. The van der Waals surface area contributed by atoms with Crippen LogP contribution < -0.4 is 10.1 Å². The minimum atomic E-state index is -0.472. The Hall–Kier alpha value is -0.710. The molecule has 1 saturated heterocycles. The topological polar surface area (TPSA) is 41.5 Å². The summed E-state index contributed by atoms with van der Waals surface area (Å²) in [6, 6.07) is 7.80. The van der Waals surface area contributed by atoms with E-state index in [4.69, 9.17) is 4.74 Å². The fourth-order valence-corrected chi connectivity index (χ4v) is 3.16. The van der Waals surface area contributed by atoms with Crippen LogP contribution in [0.5, 0.6) is 5.75 Å². The van der Waals surface area contributed by atoms with Crippen LogP contribution in [0.15, 0.2) is 24.3 Å². The third kappa shape index (κ3) is 3.90. The van der Waals surface area contributed by atoms with Crippen LogP contribution in [0.2, 0.25) is 0 Å². The maximum absolute atomic E-state index is 9.93. The monoisotopic (exact) mass is 267 g/mol. The van der Waals surface area contributed by atoms with Crippen LogP contribution in [0.25, 0.3) is 0 Å². The maximum Gasteiger partial charge on any atom is 0.120 e. The average molecular weight is 267 g/mol. The van der Waals surface area contributed by atoms with Crippen molar-refractivity contribution in [2.24, 2.45) is 0 Å². The smallest absolute Gasteiger partial charge is 0.120 e. The van der Waals surface area contributed by atoms with E-state index in [-0.39, 0.29) is 0 Å². The number of hydrogen-bond donors (Lipinski definition) is 2. The SMILES string of the molecule is CNCC(O)c1cccc(OC2CCSCC2)c1. The molecule has 18 heavy (non-hydrogen) atoms. The highest BCUT2D eigenvalue weighted by atomic mass is 32.2. The lowest BCUT2D eigenvalue weighted by atomic mass is 10.1. The largest absolute Gasteiger partial charge is 0.490 e. The zero-order valence-electron chi connectivity index (χ0n) is 10.8. The predicted octanol–water partition coefficient (Wildman–Crippen LogP) is 2.21. The van der Waals surface area contributed by atoms with Crippen molar-refractivity contribution in [1.82, 2.24) is 5.32 Å². The second kappa shape index (κ2) is 7.02. The molecule has 0 bridgehead atoms. The average Bonchev–Trinajstić information content (AvgIpc) is 2.40. The van der Waals surface area contributed by atoms with E-state index in [1.165, 1.54) is 11.5 Å². The Morgan fingerprint density at radius 2 is 2.22 bits per heavy atom. The van der Waals surface area contributed by atoms with Gasteiger partial charge >= 0.3 is 0 Å². The van der Waals surface area contributed by atoms with Gasteiger partial charge in [0.1, 0.15) is 11.9 Å². The molecule has 3 nitrogen and oxygen atoms in total. The number of benzene rings is 1. The molecular weight excluding hydrogens is 246 g/mol. The van der Waals surface area contributed by atoms with Gasteiger partial charge in [0.05, 0.1) is 6.10 Å². The second-order valence-electron chi connectivity index (χ2n) is 4.58. The third-order valence-electron chi connectivity index (χ3n) is 3.11. The van der Waals surface area contributed by atoms with Crippen molar-refractivity contribution < 1.29 is 9.84 Å². The van der Waals surface area contributed by atoms with Crippen LogP contribution in [0.4, 0.5) is 0 Å². The first-order valence-corrected chi connectivity index (χ1v) is 7.62. The first-order chi connectivity index (χ1) is 8.79. The van der Waals surface area contributed by atoms with E-state index in [2.05, 4.69) is 5.32 Å². The number of likely N-dealkylation sites (N-methyl/N-ethyl adjacent to an activating group) is 1. The summed E-state index contributed by atoms with van der Waals surface area (Å²) in [5.74, 6) is 3.25. The molecular formula is C14H21NO2S. The van der Waals surface area contributed by atoms with Gasteiger partial charge < -0.3 is 15.2 Å². The standard InChI is InChI=1S/C14H21NO2S/c1-15-10-14(16)11-3-2-4-13(9-11)17-12-5-7-18-8-6-12/h2-4,9,12,14-16H,5-8,10H2,1H3. The maximum atomic E-state index is 9.93. The minimum absolute atomic E-state index is 0.336. The van der Waals surface area contributed by atoms with Gasteiger partial charge in [-0.2, -0.15) is 11.8 Å². The molecule has 1 heterocycles. The molecule has 4 heteroatoms. The van der Waals surface area contributed by atoms with Crippen molar-refractivity contribution in [2.45, 2.75) is 25.0 Å². The van der Waals surface area contributed by atoms with E-state index in [0.29, 0.717) is 12.6 Å². The van der Waals surface area contributed by atoms with Crippen LogP contribution in [-0.2, 0) is 0 Å². The fourth-order valence-electron chi connectivity index (χ4n) is 2.09. The second-order valence-corrected chi connectivity index (χ2v) is 5.80. The van der Waals surface area contributed by atoms with Crippen LogP contribution in [-0.4, -0.2) is 36.3 Å². The highest BCUT2D eigenvalue weighted by Gasteiger charge is 2.15. The summed E-state index contributed by atoms with van der Waals surface area (Å²) in [6.45, 7) is 0.559. The third-order valence-corrected chi connectivity index (χ3v) is 4.16. The number of thioether (sulfide) groups is 1. The summed E-state index contributed by atoms with van der Waals surface area (Å²) >= 11 is 2.00. The molecule has 2 rings (SSSR count). The molecule has 0 spiro atoms. The van der Waals surface area contributed by atoms with Crippen molar-refractivity contribution in [3.05, 3.63) is 29.8 Å². The lowest BCUT2D eigenvalue weighted by Gasteiger charge is -2.23. The molecule has 1 aromatic rings. The van der Waals surface area contributed by atoms with Gasteiger partial charge in [-0.05, 0) is 49.1 Å². The van der Waals surface area contributed by atoms with Crippen molar-refractivity contribution in [3.63, 3.8) is 0 Å². The van der Waals surface area contributed by atoms with Crippen LogP contribution in [0, 0.1) is 0 Å². The molecule has 1 fully saturated rings. The molecule has 1 aromatic carbocycles. The van der Waals surface area contributed by atoms with Crippen molar-refractivity contribution in [3.8, 4) is 5.75 Å². The van der Waals surface area contributed by atoms with E-state index in [1.807, 2.05) is 43.1 Å². The normalized spacial score (nSPS) is 18.6. The summed E-state index contributed by atoms with van der Waals surface area (Å²) in [4.78, 5) is 0. The van der Waals surface area contributed by atoms with Gasteiger partial charge in [-0.1, -0.05) is 12.1 Å². The molecule has 1 unspecified atom stereocenters. The Bertz CT molecular complexity index is 367. The van der Waals surface area contributed by atoms with Crippen molar-refractivity contribution >= 4 is 11.8 Å². The van der Waals surface area contributed by atoms with E-state index in [1.54, 1.807) is 0 Å². The molecule has 0 radical (unpaired) electrons. The predicted molar refractivity (Wildman–Crippen MR) is 76.3 cm³/mol. The summed E-state index contributed by atoms with van der Waals surface area (Å²) in [6.07, 6.45) is 2.10. The van der Waals surface area contributed by atoms with Gasteiger partial charge in [-0.25, -0.2) is 0 Å². The molecule has 1 aliphatic rings.